The van der Waals surface area contributed by atoms with E-state index >= 15 is 0 Å². The number of likely N-dealkylation sites (tertiary alicyclic amines) is 1. The number of aromatic nitrogens is 2. The van der Waals surface area contributed by atoms with Gasteiger partial charge in [-0.15, -0.1) is 0 Å². The maximum absolute atomic E-state index is 12.0. The third kappa shape index (κ3) is 3.57. The van der Waals surface area contributed by atoms with Crippen LogP contribution >= 0.6 is 0 Å². The van der Waals surface area contributed by atoms with Gasteiger partial charge in [0.1, 0.15) is 5.82 Å². The molecular formula is C13H22N4O. The van der Waals surface area contributed by atoms with Crippen LogP contribution < -0.4 is 5.32 Å². The highest BCUT2D eigenvalue weighted by molar-refractivity contribution is 5.78. The van der Waals surface area contributed by atoms with Crippen LogP contribution in [0.4, 0.5) is 0 Å². The Morgan fingerprint density at radius 1 is 1.33 bits per heavy atom. The maximum atomic E-state index is 12.0. The lowest BCUT2D eigenvalue weighted by molar-refractivity contribution is -0.130. The topological polar surface area (TPSA) is 50.2 Å². The van der Waals surface area contributed by atoms with E-state index in [4.69, 9.17) is 0 Å². The molecule has 1 N–H and O–H groups in total. The van der Waals surface area contributed by atoms with Crippen LogP contribution in [0.15, 0.2) is 12.4 Å². The highest BCUT2D eigenvalue weighted by atomic mass is 16.2. The molecule has 100 valence electrons. The molecule has 1 saturated heterocycles. The van der Waals surface area contributed by atoms with Crippen molar-refractivity contribution in [3.05, 3.63) is 18.2 Å². The summed E-state index contributed by atoms with van der Waals surface area (Å²) in [5.41, 5.74) is 0. The first-order valence-corrected chi connectivity index (χ1v) is 6.72. The lowest BCUT2D eigenvalue weighted by Gasteiger charge is -2.20. The van der Waals surface area contributed by atoms with Crippen LogP contribution in [0.3, 0.4) is 0 Å². The fraction of sp³-hybridized carbons (Fsp3) is 0.692. The van der Waals surface area contributed by atoms with Crippen LogP contribution in [0.25, 0.3) is 0 Å². The van der Waals surface area contributed by atoms with E-state index in [2.05, 4.69) is 10.3 Å². The molecule has 0 atom stereocenters. The zero-order chi connectivity index (χ0) is 12.8. The Hall–Kier alpha value is -1.36. The molecule has 0 aromatic carbocycles. The minimum atomic E-state index is 0.214. The molecule has 1 aliphatic heterocycles. The van der Waals surface area contributed by atoms with E-state index < -0.39 is 0 Å². The van der Waals surface area contributed by atoms with E-state index in [1.165, 1.54) is 12.8 Å². The van der Waals surface area contributed by atoms with Gasteiger partial charge in [0.15, 0.2) is 0 Å². The van der Waals surface area contributed by atoms with Gasteiger partial charge in [-0.2, -0.15) is 0 Å². The van der Waals surface area contributed by atoms with E-state index in [0.29, 0.717) is 13.1 Å². The molecule has 0 saturated carbocycles. The summed E-state index contributed by atoms with van der Waals surface area (Å²) >= 11 is 0. The summed E-state index contributed by atoms with van der Waals surface area (Å²) in [6.07, 6.45) is 8.48. The van der Waals surface area contributed by atoms with E-state index in [1.807, 2.05) is 22.7 Å². The molecule has 1 amide bonds. The highest BCUT2D eigenvalue weighted by Gasteiger charge is 2.14. The third-order valence-corrected chi connectivity index (χ3v) is 3.44. The Morgan fingerprint density at radius 2 is 2.06 bits per heavy atom. The quantitative estimate of drug-likeness (QED) is 0.864. The highest BCUT2D eigenvalue weighted by Crippen LogP contribution is 2.09. The second kappa shape index (κ2) is 6.54. The largest absolute Gasteiger partial charge is 0.342 e. The van der Waals surface area contributed by atoms with Crippen molar-refractivity contribution in [2.24, 2.45) is 7.05 Å². The molecule has 1 aromatic heterocycles. The summed E-state index contributed by atoms with van der Waals surface area (Å²) in [6, 6.07) is 0. The first-order chi connectivity index (χ1) is 8.77. The number of carbonyl (C=O) groups excluding carboxylic acids is 1. The van der Waals surface area contributed by atoms with Crippen LogP contribution in [-0.2, 0) is 18.4 Å². The zero-order valence-electron chi connectivity index (χ0n) is 11.1. The van der Waals surface area contributed by atoms with E-state index in [-0.39, 0.29) is 5.91 Å². The maximum Gasteiger partial charge on any atom is 0.236 e. The van der Waals surface area contributed by atoms with Gasteiger partial charge < -0.3 is 14.8 Å². The van der Waals surface area contributed by atoms with Crippen molar-refractivity contribution < 1.29 is 4.79 Å². The van der Waals surface area contributed by atoms with Crippen LogP contribution in [0, 0.1) is 0 Å². The Balaban J connectivity index is 1.72. The number of imidazole rings is 1. The van der Waals surface area contributed by atoms with Gasteiger partial charge in [0.2, 0.25) is 5.91 Å². The predicted molar refractivity (Wildman–Crippen MR) is 70.0 cm³/mol. The van der Waals surface area contributed by atoms with E-state index in [1.54, 1.807) is 6.20 Å². The van der Waals surface area contributed by atoms with Crippen LogP contribution in [0.5, 0.6) is 0 Å². The van der Waals surface area contributed by atoms with Crippen LogP contribution in [0.2, 0.25) is 0 Å². The molecule has 1 aromatic rings. The normalized spacial score (nSPS) is 16.6. The standard InChI is InChI=1S/C13H22N4O/c1-16-9-6-15-12(16)10-14-11-13(18)17-7-4-2-3-5-8-17/h6,9,14H,2-5,7-8,10-11H2,1H3. The van der Waals surface area contributed by atoms with Crippen molar-refractivity contribution in [2.45, 2.75) is 32.2 Å². The number of hydrogen-bond acceptors (Lipinski definition) is 3. The van der Waals surface area contributed by atoms with Crippen molar-refractivity contribution in [3.63, 3.8) is 0 Å². The number of aryl methyl sites for hydroxylation is 1. The second-order valence-corrected chi connectivity index (χ2v) is 4.85. The van der Waals surface area contributed by atoms with Crippen LogP contribution in [0.1, 0.15) is 31.5 Å². The minimum absolute atomic E-state index is 0.214. The molecule has 5 heteroatoms. The average molecular weight is 250 g/mol. The third-order valence-electron chi connectivity index (χ3n) is 3.44. The smallest absolute Gasteiger partial charge is 0.236 e. The van der Waals surface area contributed by atoms with Gasteiger partial charge in [0, 0.05) is 32.5 Å². The number of amides is 1. The number of hydrogen-bond donors (Lipinski definition) is 1. The van der Waals surface area contributed by atoms with Gasteiger partial charge in [0.25, 0.3) is 0 Å². The molecule has 18 heavy (non-hydrogen) atoms. The summed E-state index contributed by atoms with van der Waals surface area (Å²) < 4.78 is 1.96. The molecule has 2 rings (SSSR count). The van der Waals surface area contributed by atoms with Crippen molar-refractivity contribution in [2.75, 3.05) is 19.6 Å². The molecule has 0 radical (unpaired) electrons. The summed E-state index contributed by atoms with van der Waals surface area (Å²) in [4.78, 5) is 18.2. The summed E-state index contributed by atoms with van der Waals surface area (Å²) in [7, 11) is 1.96. The fourth-order valence-corrected chi connectivity index (χ4v) is 2.28. The van der Waals surface area contributed by atoms with Crippen molar-refractivity contribution in [1.29, 1.82) is 0 Å². The first-order valence-electron chi connectivity index (χ1n) is 6.72. The van der Waals surface area contributed by atoms with Gasteiger partial charge in [-0.25, -0.2) is 4.98 Å². The zero-order valence-corrected chi connectivity index (χ0v) is 11.1. The number of nitrogens with one attached hydrogen (secondary N) is 1. The van der Waals surface area contributed by atoms with Gasteiger partial charge in [0.05, 0.1) is 13.1 Å². The monoisotopic (exact) mass is 250 g/mol. The molecular weight excluding hydrogens is 228 g/mol. The predicted octanol–water partition coefficient (Wildman–Crippen LogP) is 0.912. The van der Waals surface area contributed by atoms with E-state index in [0.717, 1.165) is 31.8 Å². The Labute approximate surface area is 108 Å². The molecule has 2 heterocycles. The molecule has 1 aliphatic rings. The first kappa shape index (κ1) is 13.1. The Morgan fingerprint density at radius 3 is 2.67 bits per heavy atom. The summed E-state index contributed by atoms with van der Waals surface area (Å²) in [5.74, 6) is 1.17. The molecule has 0 unspecified atom stereocenters. The Kier molecular flexibility index (Phi) is 4.75. The van der Waals surface area contributed by atoms with Crippen molar-refractivity contribution in [1.82, 2.24) is 19.8 Å². The summed E-state index contributed by atoms with van der Waals surface area (Å²) in [5, 5.41) is 3.17. The minimum Gasteiger partial charge on any atom is -0.342 e. The van der Waals surface area contributed by atoms with Gasteiger partial charge in [-0.3, -0.25) is 4.79 Å². The lowest BCUT2D eigenvalue weighted by Crippen LogP contribution is -2.38. The Bertz CT molecular complexity index is 380. The molecule has 5 nitrogen and oxygen atoms in total. The molecule has 0 spiro atoms. The molecule has 1 fully saturated rings. The fourth-order valence-electron chi connectivity index (χ4n) is 2.28. The van der Waals surface area contributed by atoms with Gasteiger partial charge in [-0.05, 0) is 12.8 Å². The van der Waals surface area contributed by atoms with Crippen LogP contribution in [-0.4, -0.2) is 40.0 Å². The summed E-state index contributed by atoms with van der Waals surface area (Å²) in [6.45, 7) is 2.89. The average Bonchev–Trinajstić information content (AvgIpc) is 2.64. The number of rotatable bonds is 4. The SMILES string of the molecule is Cn1ccnc1CNCC(=O)N1CCCCCC1. The van der Waals surface area contributed by atoms with Crippen molar-refractivity contribution in [3.8, 4) is 0 Å². The number of nitrogens with zero attached hydrogens (tertiary/aromatic N) is 3. The van der Waals surface area contributed by atoms with Crippen molar-refractivity contribution >= 4 is 5.91 Å². The van der Waals surface area contributed by atoms with E-state index in [9.17, 15) is 4.79 Å². The van der Waals surface area contributed by atoms with Gasteiger partial charge in [-0.1, -0.05) is 12.8 Å². The second-order valence-electron chi connectivity index (χ2n) is 4.85. The molecule has 0 aliphatic carbocycles. The number of carbonyl (C=O) groups is 1. The van der Waals surface area contributed by atoms with Gasteiger partial charge >= 0.3 is 0 Å². The lowest BCUT2D eigenvalue weighted by atomic mass is 10.2. The molecule has 0 bridgehead atoms.